The number of piperazine rings is 1. The van der Waals surface area contributed by atoms with Gasteiger partial charge in [-0.05, 0) is 48.4 Å². The van der Waals surface area contributed by atoms with Crippen LogP contribution in [0, 0.1) is 0 Å². The fourth-order valence-electron chi connectivity index (χ4n) is 4.13. The van der Waals surface area contributed by atoms with Crippen LogP contribution in [0.25, 0.3) is 0 Å². The maximum atomic E-state index is 13.4. The number of hydrogen-bond acceptors (Lipinski definition) is 3. The molecule has 1 amide bonds. The lowest BCUT2D eigenvalue weighted by molar-refractivity contribution is -0.151. The van der Waals surface area contributed by atoms with E-state index in [1.807, 2.05) is 48.5 Å². The number of carbonyl (C=O) groups excluding carboxylic acids is 1. The third kappa shape index (κ3) is 4.60. The van der Waals surface area contributed by atoms with E-state index in [1.165, 1.54) is 0 Å². The molecule has 1 aliphatic rings. The van der Waals surface area contributed by atoms with Crippen molar-refractivity contribution in [2.24, 2.45) is 0 Å². The van der Waals surface area contributed by atoms with Gasteiger partial charge in [-0.1, -0.05) is 77.3 Å². The predicted octanol–water partition coefficient (Wildman–Crippen LogP) is 5.94. The van der Waals surface area contributed by atoms with Crippen molar-refractivity contribution in [2.45, 2.75) is 18.6 Å². The van der Waals surface area contributed by atoms with E-state index in [0.717, 1.165) is 11.3 Å². The van der Waals surface area contributed by atoms with Gasteiger partial charge in [-0.25, -0.2) is 0 Å². The Bertz CT molecular complexity index is 1100. The molecular weight excluding hydrogens is 467 g/mol. The molecule has 1 fully saturated rings. The molecule has 7 heteroatoms. The number of rotatable bonds is 4. The second kappa shape index (κ2) is 9.32. The predicted molar refractivity (Wildman–Crippen MR) is 131 cm³/mol. The highest BCUT2D eigenvalue weighted by Gasteiger charge is 2.40. The maximum absolute atomic E-state index is 13.4. The molecule has 166 valence electrons. The van der Waals surface area contributed by atoms with Gasteiger partial charge in [0.1, 0.15) is 0 Å². The van der Waals surface area contributed by atoms with Crippen molar-refractivity contribution >= 4 is 46.4 Å². The smallest absolute Gasteiger partial charge is 0.259 e. The molecule has 4 nitrogen and oxygen atoms in total. The molecule has 0 spiro atoms. The van der Waals surface area contributed by atoms with Gasteiger partial charge in [-0.15, -0.1) is 0 Å². The van der Waals surface area contributed by atoms with Gasteiger partial charge in [0.2, 0.25) is 0 Å². The molecular formula is C25H23Cl3N2O2. The Balaban J connectivity index is 1.67. The number of halogens is 3. The maximum Gasteiger partial charge on any atom is 0.259 e. The third-order valence-electron chi connectivity index (χ3n) is 5.89. The topological polar surface area (TPSA) is 43.8 Å². The van der Waals surface area contributed by atoms with Crippen LogP contribution in [0.1, 0.15) is 24.1 Å². The molecule has 2 unspecified atom stereocenters. The van der Waals surface area contributed by atoms with E-state index >= 15 is 0 Å². The number of benzene rings is 3. The average Bonchev–Trinajstić information content (AvgIpc) is 2.79. The summed E-state index contributed by atoms with van der Waals surface area (Å²) in [6.45, 7) is 2.93. The molecule has 1 heterocycles. The summed E-state index contributed by atoms with van der Waals surface area (Å²) >= 11 is 18.7. The minimum atomic E-state index is -1.62. The summed E-state index contributed by atoms with van der Waals surface area (Å²) in [4.78, 5) is 17.3. The van der Waals surface area contributed by atoms with E-state index in [9.17, 15) is 9.90 Å². The standard InChI is InChI=1S/C25H23Cl3N2O2/c1-25(32,18-5-3-2-4-6-18)24(31)29-13-14-30(22-12-11-20(27)15-21(22)28)23(16-29)17-7-9-19(26)10-8-17/h2-12,15,23,32H,13-14,16H2,1H3. The van der Waals surface area contributed by atoms with Gasteiger partial charge in [-0.3, -0.25) is 4.79 Å². The number of carbonyl (C=O) groups is 1. The SMILES string of the molecule is CC(O)(C(=O)N1CCN(c2ccc(Cl)cc2Cl)C(c2ccc(Cl)cc2)C1)c1ccccc1. The van der Waals surface area contributed by atoms with Crippen molar-refractivity contribution in [3.63, 3.8) is 0 Å². The highest BCUT2D eigenvalue weighted by atomic mass is 35.5. The van der Waals surface area contributed by atoms with Crippen LogP contribution in [0.15, 0.2) is 72.8 Å². The Morgan fingerprint density at radius 2 is 1.59 bits per heavy atom. The van der Waals surface area contributed by atoms with Crippen molar-refractivity contribution in [1.29, 1.82) is 0 Å². The van der Waals surface area contributed by atoms with Crippen molar-refractivity contribution in [1.82, 2.24) is 4.90 Å². The first-order chi connectivity index (χ1) is 15.3. The lowest BCUT2D eigenvalue weighted by Crippen LogP contribution is -2.55. The Hall–Kier alpha value is -2.24. The molecule has 1 N–H and O–H groups in total. The van der Waals surface area contributed by atoms with Gasteiger partial charge in [0.15, 0.2) is 5.60 Å². The number of amides is 1. The highest BCUT2D eigenvalue weighted by molar-refractivity contribution is 6.36. The molecule has 0 bridgehead atoms. The fourth-order valence-corrected chi connectivity index (χ4v) is 4.78. The molecule has 2 atom stereocenters. The zero-order chi connectivity index (χ0) is 22.9. The number of anilines is 1. The Morgan fingerprint density at radius 3 is 2.25 bits per heavy atom. The van der Waals surface area contributed by atoms with Gasteiger partial charge >= 0.3 is 0 Å². The molecule has 1 aliphatic heterocycles. The van der Waals surface area contributed by atoms with Crippen LogP contribution in [0.5, 0.6) is 0 Å². The average molecular weight is 490 g/mol. The molecule has 32 heavy (non-hydrogen) atoms. The van der Waals surface area contributed by atoms with E-state index in [2.05, 4.69) is 4.90 Å². The summed E-state index contributed by atoms with van der Waals surface area (Å²) in [7, 11) is 0. The minimum Gasteiger partial charge on any atom is -0.376 e. The van der Waals surface area contributed by atoms with Crippen LogP contribution in [-0.2, 0) is 10.4 Å². The third-order valence-corrected chi connectivity index (χ3v) is 6.68. The lowest BCUT2D eigenvalue weighted by Gasteiger charge is -2.45. The van der Waals surface area contributed by atoms with Crippen molar-refractivity contribution in [3.8, 4) is 0 Å². The van der Waals surface area contributed by atoms with E-state index in [0.29, 0.717) is 40.3 Å². The van der Waals surface area contributed by atoms with Crippen LogP contribution < -0.4 is 4.90 Å². The largest absolute Gasteiger partial charge is 0.376 e. The van der Waals surface area contributed by atoms with Crippen LogP contribution in [-0.4, -0.2) is 35.5 Å². The zero-order valence-electron chi connectivity index (χ0n) is 17.5. The van der Waals surface area contributed by atoms with E-state index in [1.54, 1.807) is 36.1 Å². The fraction of sp³-hybridized carbons (Fsp3) is 0.240. The lowest BCUT2D eigenvalue weighted by atomic mass is 9.93. The van der Waals surface area contributed by atoms with E-state index in [4.69, 9.17) is 34.8 Å². The molecule has 0 radical (unpaired) electrons. The summed E-state index contributed by atoms with van der Waals surface area (Å²) < 4.78 is 0. The second-order valence-electron chi connectivity index (χ2n) is 8.05. The molecule has 3 aromatic carbocycles. The summed E-state index contributed by atoms with van der Waals surface area (Å²) in [6, 6.07) is 21.8. The van der Waals surface area contributed by atoms with Crippen molar-refractivity contribution in [2.75, 3.05) is 24.5 Å². The van der Waals surface area contributed by atoms with E-state index in [-0.39, 0.29) is 11.9 Å². The normalized spacial score (nSPS) is 18.3. The van der Waals surface area contributed by atoms with Crippen molar-refractivity contribution in [3.05, 3.63) is 99.0 Å². The first-order valence-electron chi connectivity index (χ1n) is 10.3. The molecule has 4 rings (SSSR count). The molecule has 0 aliphatic carbocycles. The molecule has 1 saturated heterocycles. The molecule has 3 aromatic rings. The van der Waals surface area contributed by atoms with Crippen molar-refractivity contribution < 1.29 is 9.90 Å². The highest BCUT2D eigenvalue weighted by Crippen LogP contribution is 2.37. The summed E-state index contributed by atoms with van der Waals surface area (Å²) in [5, 5.41) is 12.9. The Morgan fingerprint density at radius 1 is 0.938 bits per heavy atom. The molecule has 0 aromatic heterocycles. The summed E-state index contributed by atoms with van der Waals surface area (Å²) in [5.74, 6) is -0.329. The van der Waals surface area contributed by atoms with Gasteiger partial charge in [-0.2, -0.15) is 0 Å². The van der Waals surface area contributed by atoms with Gasteiger partial charge in [0, 0.05) is 29.7 Å². The van der Waals surface area contributed by atoms with Gasteiger partial charge < -0.3 is 14.9 Å². The number of aliphatic hydroxyl groups is 1. The first-order valence-corrected chi connectivity index (χ1v) is 11.4. The molecule has 0 saturated carbocycles. The van der Waals surface area contributed by atoms with Gasteiger partial charge in [0.05, 0.1) is 16.8 Å². The first kappa shape index (κ1) is 22.9. The number of nitrogens with zero attached hydrogens (tertiary/aromatic N) is 2. The summed E-state index contributed by atoms with van der Waals surface area (Å²) in [5.41, 5.74) is 0.790. The second-order valence-corrected chi connectivity index (χ2v) is 9.33. The van der Waals surface area contributed by atoms with Crippen LogP contribution >= 0.6 is 34.8 Å². The van der Waals surface area contributed by atoms with E-state index < -0.39 is 5.60 Å². The van der Waals surface area contributed by atoms with Gasteiger partial charge in [0.25, 0.3) is 5.91 Å². The number of hydrogen-bond donors (Lipinski definition) is 1. The minimum absolute atomic E-state index is 0.171. The van der Waals surface area contributed by atoms with Crippen LogP contribution in [0.4, 0.5) is 5.69 Å². The van der Waals surface area contributed by atoms with Crippen LogP contribution in [0.3, 0.4) is 0 Å². The quantitative estimate of drug-likeness (QED) is 0.493. The Labute approximate surface area is 202 Å². The zero-order valence-corrected chi connectivity index (χ0v) is 19.8. The van der Waals surface area contributed by atoms with Crippen LogP contribution in [0.2, 0.25) is 15.1 Å². The Kier molecular flexibility index (Phi) is 6.68. The summed E-state index contributed by atoms with van der Waals surface area (Å²) in [6.07, 6.45) is 0. The monoisotopic (exact) mass is 488 g/mol.